The molecule has 1 aromatic rings. The first-order chi connectivity index (χ1) is 7.66. The van der Waals surface area contributed by atoms with Gasteiger partial charge in [0.2, 0.25) is 0 Å². The zero-order chi connectivity index (χ0) is 11.5. The molecule has 0 amide bonds. The predicted molar refractivity (Wildman–Crippen MR) is 66.1 cm³/mol. The Bertz CT molecular complexity index is 387. The highest BCUT2D eigenvalue weighted by Gasteiger charge is 2.23. The molecule has 16 heavy (non-hydrogen) atoms. The van der Waals surface area contributed by atoms with Crippen LogP contribution in [0.5, 0.6) is 0 Å². The molecule has 0 aliphatic heterocycles. The van der Waals surface area contributed by atoms with Crippen LogP contribution >= 0.6 is 11.6 Å². The summed E-state index contributed by atoms with van der Waals surface area (Å²) in [7, 11) is 2.02. The first kappa shape index (κ1) is 11.6. The van der Waals surface area contributed by atoms with Crippen LogP contribution in [-0.4, -0.2) is 30.3 Å². The molecule has 0 saturated heterocycles. The van der Waals surface area contributed by atoms with E-state index in [9.17, 15) is 4.79 Å². The van der Waals surface area contributed by atoms with E-state index in [2.05, 4.69) is 4.90 Å². The Kier molecular flexibility index (Phi) is 3.62. The Morgan fingerprint density at radius 1 is 1.50 bits per heavy atom. The number of ketones is 1. The van der Waals surface area contributed by atoms with Gasteiger partial charge in [0.1, 0.15) is 0 Å². The van der Waals surface area contributed by atoms with Crippen molar-refractivity contribution in [3.63, 3.8) is 0 Å². The average Bonchev–Trinajstić information content (AvgIpc) is 2.14. The van der Waals surface area contributed by atoms with Crippen molar-refractivity contribution in [3.05, 3.63) is 34.9 Å². The van der Waals surface area contributed by atoms with Crippen LogP contribution in [0.4, 0.5) is 0 Å². The third-order valence-corrected chi connectivity index (χ3v) is 3.47. The standard InChI is InChI=1S/C13H16ClNO/c1-15(12-6-3-7-12)9-13(16)10-4-2-5-11(14)8-10/h2,4-5,8,12H,3,6-7,9H2,1H3. The molecule has 0 bridgehead atoms. The topological polar surface area (TPSA) is 20.3 Å². The van der Waals surface area contributed by atoms with Gasteiger partial charge in [0, 0.05) is 16.6 Å². The second-order valence-electron chi connectivity index (χ2n) is 4.43. The molecule has 1 aromatic carbocycles. The van der Waals surface area contributed by atoms with Crippen LogP contribution in [0.1, 0.15) is 29.6 Å². The van der Waals surface area contributed by atoms with Gasteiger partial charge in [-0.25, -0.2) is 0 Å². The molecule has 1 saturated carbocycles. The molecule has 2 rings (SSSR count). The zero-order valence-electron chi connectivity index (χ0n) is 9.45. The number of Topliss-reactive ketones (excluding diaryl/α,β-unsaturated/α-hetero) is 1. The predicted octanol–water partition coefficient (Wildman–Crippen LogP) is 3.01. The highest BCUT2D eigenvalue weighted by molar-refractivity contribution is 6.31. The second-order valence-corrected chi connectivity index (χ2v) is 4.87. The molecule has 3 heteroatoms. The van der Waals surface area contributed by atoms with Gasteiger partial charge >= 0.3 is 0 Å². The van der Waals surface area contributed by atoms with E-state index in [4.69, 9.17) is 11.6 Å². The van der Waals surface area contributed by atoms with Gasteiger partial charge in [-0.05, 0) is 32.0 Å². The fourth-order valence-electron chi connectivity index (χ4n) is 1.94. The molecule has 86 valence electrons. The summed E-state index contributed by atoms with van der Waals surface area (Å²) < 4.78 is 0. The van der Waals surface area contributed by atoms with Crippen LogP contribution in [0.25, 0.3) is 0 Å². The summed E-state index contributed by atoms with van der Waals surface area (Å²) in [5.41, 5.74) is 0.707. The number of carbonyl (C=O) groups excluding carboxylic acids is 1. The number of halogens is 1. The lowest BCUT2D eigenvalue weighted by molar-refractivity contribution is 0.0870. The molecule has 0 spiro atoms. The number of hydrogen-bond donors (Lipinski definition) is 0. The van der Waals surface area contributed by atoms with E-state index in [0.29, 0.717) is 23.2 Å². The first-order valence-corrected chi connectivity index (χ1v) is 6.03. The largest absolute Gasteiger partial charge is 0.296 e. The minimum Gasteiger partial charge on any atom is -0.296 e. The van der Waals surface area contributed by atoms with Crippen molar-refractivity contribution in [3.8, 4) is 0 Å². The van der Waals surface area contributed by atoms with E-state index in [1.807, 2.05) is 19.2 Å². The van der Waals surface area contributed by atoms with Crippen LogP contribution in [-0.2, 0) is 0 Å². The Morgan fingerprint density at radius 3 is 2.81 bits per heavy atom. The minimum atomic E-state index is 0.150. The van der Waals surface area contributed by atoms with E-state index < -0.39 is 0 Å². The molecule has 1 aliphatic carbocycles. The smallest absolute Gasteiger partial charge is 0.176 e. The number of nitrogens with zero attached hydrogens (tertiary/aromatic N) is 1. The molecule has 1 aliphatic rings. The molecule has 0 radical (unpaired) electrons. The fourth-order valence-corrected chi connectivity index (χ4v) is 2.13. The SMILES string of the molecule is CN(CC(=O)c1cccc(Cl)c1)C1CCC1. The quantitative estimate of drug-likeness (QED) is 0.751. The summed E-state index contributed by atoms with van der Waals surface area (Å²) in [5, 5.41) is 0.622. The maximum absolute atomic E-state index is 12.0. The summed E-state index contributed by atoms with van der Waals surface area (Å²) in [4.78, 5) is 14.1. The highest BCUT2D eigenvalue weighted by Crippen LogP contribution is 2.23. The number of benzene rings is 1. The van der Waals surface area contributed by atoms with E-state index in [1.54, 1.807) is 12.1 Å². The monoisotopic (exact) mass is 237 g/mol. The maximum Gasteiger partial charge on any atom is 0.176 e. The van der Waals surface area contributed by atoms with E-state index in [-0.39, 0.29) is 5.78 Å². The van der Waals surface area contributed by atoms with E-state index >= 15 is 0 Å². The van der Waals surface area contributed by atoms with Crippen LogP contribution in [0.15, 0.2) is 24.3 Å². The summed E-state index contributed by atoms with van der Waals surface area (Å²) in [6.45, 7) is 0.491. The van der Waals surface area contributed by atoms with Crippen LogP contribution in [0.3, 0.4) is 0 Å². The van der Waals surface area contributed by atoms with Crippen LogP contribution in [0.2, 0.25) is 5.02 Å². The molecule has 2 nitrogen and oxygen atoms in total. The Labute approximate surface area is 101 Å². The van der Waals surface area contributed by atoms with Crippen molar-refractivity contribution in [2.24, 2.45) is 0 Å². The zero-order valence-corrected chi connectivity index (χ0v) is 10.2. The fraction of sp³-hybridized carbons (Fsp3) is 0.462. The molecule has 0 heterocycles. The summed E-state index contributed by atoms with van der Waals surface area (Å²) in [6.07, 6.45) is 3.74. The number of carbonyl (C=O) groups is 1. The summed E-state index contributed by atoms with van der Waals surface area (Å²) in [6, 6.07) is 7.76. The van der Waals surface area contributed by atoms with Gasteiger partial charge in [0.15, 0.2) is 5.78 Å². The molecule has 1 fully saturated rings. The lowest BCUT2D eigenvalue weighted by Gasteiger charge is -2.34. The van der Waals surface area contributed by atoms with Crippen molar-refractivity contribution < 1.29 is 4.79 Å². The first-order valence-electron chi connectivity index (χ1n) is 5.66. The molecular weight excluding hydrogens is 222 g/mol. The second kappa shape index (κ2) is 4.98. The third-order valence-electron chi connectivity index (χ3n) is 3.24. The lowest BCUT2D eigenvalue weighted by Crippen LogP contribution is -2.40. The van der Waals surface area contributed by atoms with Crippen molar-refractivity contribution >= 4 is 17.4 Å². The Balaban J connectivity index is 1.96. The summed E-state index contributed by atoms with van der Waals surface area (Å²) in [5.74, 6) is 0.150. The van der Waals surface area contributed by atoms with Crippen molar-refractivity contribution in [1.29, 1.82) is 0 Å². The van der Waals surface area contributed by atoms with Crippen LogP contribution in [0, 0.1) is 0 Å². The summed E-state index contributed by atoms with van der Waals surface area (Å²) >= 11 is 5.86. The van der Waals surface area contributed by atoms with Crippen molar-refractivity contribution in [2.75, 3.05) is 13.6 Å². The maximum atomic E-state index is 12.0. The molecule has 0 unspecified atom stereocenters. The van der Waals surface area contributed by atoms with Gasteiger partial charge in [-0.15, -0.1) is 0 Å². The molecular formula is C13H16ClNO. The highest BCUT2D eigenvalue weighted by atomic mass is 35.5. The van der Waals surface area contributed by atoms with E-state index in [1.165, 1.54) is 19.3 Å². The normalized spacial score (nSPS) is 16.2. The molecule has 0 N–H and O–H groups in total. The van der Waals surface area contributed by atoms with Crippen molar-refractivity contribution in [2.45, 2.75) is 25.3 Å². The van der Waals surface area contributed by atoms with Crippen molar-refractivity contribution in [1.82, 2.24) is 4.90 Å². The van der Waals surface area contributed by atoms with Gasteiger partial charge in [-0.1, -0.05) is 30.2 Å². The number of rotatable bonds is 4. The van der Waals surface area contributed by atoms with Gasteiger partial charge in [0.05, 0.1) is 6.54 Å². The van der Waals surface area contributed by atoms with Crippen LogP contribution < -0.4 is 0 Å². The van der Waals surface area contributed by atoms with Gasteiger partial charge in [-0.3, -0.25) is 9.69 Å². The number of hydrogen-bond acceptors (Lipinski definition) is 2. The third kappa shape index (κ3) is 2.63. The Hall–Kier alpha value is -0.860. The minimum absolute atomic E-state index is 0.150. The van der Waals surface area contributed by atoms with Gasteiger partial charge in [-0.2, -0.15) is 0 Å². The molecule has 0 atom stereocenters. The van der Waals surface area contributed by atoms with Gasteiger partial charge < -0.3 is 0 Å². The molecule has 0 aromatic heterocycles. The average molecular weight is 238 g/mol. The lowest BCUT2D eigenvalue weighted by atomic mass is 9.91. The van der Waals surface area contributed by atoms with Gasteiger partial charge in [0.25, 0.3) is 0 Å². The number of likely N-dealkylation sites (N-methyl/N-ethyl adjacent to an activating group) is 1. The Morgan fingerprint density at radius 2 is 2.25 bits per heavy atom. The van der Waals surface area contributed by atoms with E-state index in [0.717, 1.165) is 0 Å².